The Morgan fingerprint density at radius 1 is 0.783 bits per heavy atom. The fourth-order valence-corrected chi connectivity index (χ4v) is 4.39. The van der Waals surface area contributed by atoms with Gasteiger partial charge in [-0.25, -0.2) is 0 Å². The van der Waals surface area contributed by atoms with Crippen molar-refractivity contribution in [3.63, 3.8) is 0 Å². The molecule has 0 spiro atoms. The van der Waals surface area contributed by atoms with E-state index in [9.17, 15) is 13.0 Å². The Balaban J connectivity index is 3.47. The van der Waals surface area contributed by atoms with Gasteiger partial charge < -0.3 is 9.05 Å². The summed E-state index contributed by atoms with van der Waals surface area (Å²) < 4.78 is 48.9. The van der Waals surface area contributed by atoms with E-state index < -0.39 is 17.7 Å². The van der Waals surface area contributed by atoms with Crippen molar-refractivity contribution in [1.29, 1.82) is 0 Å². The number of rotatable bonds is 16. The Bertz CT molecular complexity index is 414. The van der Waals surface area contributed by atoms with Gasteiger partial charge in [0.15, 0.2) is 0 Å². The van der Waals surface area contributed by atoms with Gasteiger partial charge in [-0.05, 0) is 26.7 Å². The van der Waals surface area contributed by atoms with Crippen molar-refractivity contribution in [2.24, 2.45) is 0 Å². The molecule has 6 nitrogen and oxygen atoms in total. The van der Waals surface area contributed by atoms with Crippen molar-refractivity contribution in [1.82, 2.24) is 0 Å². The van der Waals surface area contributed by atoms with E-state index >= 15 is 0 Å². The van der Waals surface area contributed by atoms with Gasteiger partial charge in [0.2, 0.25) is 0 Å². The van der Waals surface area contributed by atoms with Gasteiger partial charge in [0.25, 0.3) is 10.1 Å². The molecule has 0 aromatic rings. The van der Waals surface area contributed by atoms with Crippen molar-refractivity contribution in [2.45, 2.75) is 65.2 Å². The molecule has 0 saturated carbocycles. The topological polar surface area (TPSA) is 78.9 Å². The summed E-state index contributed by atoms with van der Waals surface area (Å²) in [6.07, 6.45) is 9.69. The minimum absolute atomic E-state index is 0.281. The maximum atomic E-state index is 12.2. The summed E-state index contributed by atoms with van der Waals surface area (Å²) in [5, 5.41) is 0. The van der Waals surface area contributed by atoms with Gasteiger partial charge >= 0.3 is 7.60 Å². The summed E-state index contributed by atoms with van der Waals surface area (Å²) in [6.45, 7) is 4.77. The van der Waals surface area contributed by atoms with E-state index in [-0.39, 0.29) is 6.61 Å². The highest BCUT2D eigenvalue weighted by molar-refractivity contribution is 7.85. The van der Waals surface area contributed by atoms with Crippen LogP contribution in [0.15, 0.2) is 0 Å². The van der Waals surface area contributed by atoms with Gasteiger partial charge in [-0.3, -0.25) is 8.75 Å². The molecule has 8 heteroatoms. The van der Waals surface area contributed by atoms with Crippen LogP contribution < -0.4 is 0 Å². The van der Waals surface area contributed by atoms with E-state index in [1.165, 1.54) is 0 Å². The second-order valence-corrected chi connectivity index (χ2v) is 9.35. The molecule has 0 unspecified atom stereocenters. The second-order valence-electron chi connectivity index (χ2n) is 5.52. The highest BCUT2D eigenvalue weighted by atomic mass is 32.2. The molecule has 0 atom stereocenters. The lowest BCUT2D eigenvalue weighted by molar-refractivity contribution is 0.219. The first-order chi connectivity index (χ1) is 10.8. The Morgan fingerprint density at radius 3 is 1.65 bits per heavy atom. The number of hydrogen-bond acceptors (Lipinski definition) is 6. The smallest absolute Gasteiger partial charge is 0.309 e. The fourth-order valence-electron chi connectivity index (χ4n) is 2.24. The molecule has 0 rings (SSSR count). The highest BCUT2D eigenvalue weighted by Gasteiger charge is 2.22. The van der Waals surface area contributed by atoms with Gasteiger partial charge in [0.05, 0.1) is 32.2 Å². The zero-order valence-corrected chi connectivity index (χ0v) is 16.5. The molecule has 0 N–H and O–H groups in total. The summed E-state index contributed by atoms with van der Waals surface area (Å²) in [6, 6.07) is 0. The third-order valence-corrected chi connectivity index (χ3v) is 6.04. The molecule has 23 heavy (non-hydrogen) atoms. The Kier molecular flexibility index (Phi) is 13.4. The fraction of sp³-hybridized carbons (Fsp3) is 1.00. The van der Waals surface area contributed by atoms with Crippen molar-refractivity contribution in [3.8, 4) is 0 Å². The molecule has 0 fully saturated rings. The molecule has 0 aliphatic carbocycles. The van der Waals surface area contributed by atoms with Crippen molar-refractivity contribution < 1.29 is 26.2 Å². The van der Waals surface area contributed by atoms with E-state index in [0.29, 0.717) is 19.4 Å². The lowest BCUT2D eigenvalue weighted by atomic mass is 10.1. The third kappa shape index (κ3) is 15.3. The molecular weight excluding hydrogens is 339 g/mol. The summed E-state index contributed by atoms with van der Waals surface area (Å²) in [5.74, 6) is 0. The van der Waals surface area contributed by atoms with Crippen molar-refractivity contribution in [2.75, 3.05) is 32.2 Å². The van der Waals surface area contributed by atoms with Gasteiger partial charge in [-0.15, -0.1) is 0 Å². The number of hydrogen-bond donors (Lipinski definition) is 0. The van der Waals surface area contributed by atoms with Gasteiger partial charge in [0, 0.05) is 0 Å². The SMILES string of the molecule is CCOP(=O)(CCCCCCCCCCOS(C)(=O)=O)OCC. The Hall–Kier alpha value is 0.0600. The first-order valence-electron chi connectivity index (χ1n) is 8.55. The molecule has 0 amide bonds. The first-order valence-corrected chi connectivity index (χ1v) is 12.1. The number of unbranched alkanes of at least 4 members (excludes halogenated alkanes) is 7. The van der Waals surface area contributed by atoms with Crippen molar-refractivity contribution >= 4 is 17.7 Å². The highest BCUT2D eigenvalue weighted by Crippen LogP contribution is 2.48. The van der Waals surface area contributed by atoms with Gasteiger partial charge in [0.1, 0.15) is 0 Å². The van der Waals surface area contributed by atoms with Crippen LogP contribution in [0.4, 0.5) is 0 Å². The van der Waals surface area contributed by atoms with Crippen LogP contribution in [-0.4, -0.2) is 40.7 Å². The van der Waals surface area contributed by atoms with Crippen LogP contribution in [0.2, 0.25) is 0 Å². The second kappa shape index (κ2) is 13.4. The van der Waals surface area contributed by atoms with Crippen LogP contribution in [0.3, 0.4) is 0 Å². The Morgan fingerprint density at radius 2 is 1.22 bits per heavy atom. The standard InChI is InChI=1S/C15H33O6PS/c1-4-19-22(16,20-5-2)15-13-11-9-7-6-8-10-12-14-21-23(3,17)18/h4-15H2,1-3H3. The lowest BCUT2D eigenvalue weighted by Gasteiger charge is -2.16. The van der Waals surface area contributed by atoms with Crippen LogP contribution in [0.1, 0.15) is 65.2 Å². The third-order valence-electron chi connectivity index (χ3n) is 3.28. The summed E-state index contributed by atoms with van der Waals surface area (Å²) in [7, 11) is -6.17. The minimum atomic E-state index is -3.30. The van der Waals surface area contributed by atoms with Crippen LogP contribution in [-0.2, 0) is 27.9 Å². The first kappa shape index (κ1) is 23.1. The Labute approximate surface area is 141 Å². The maximum Gasteiger partial charge on any atom is 0.330 e. The minimum Gasteiger partial charge on any atom is -0.309 e. The molecule has 0 radical (unpaired) electrons. The summed E-state index contributed by atoms with van der Waals surface area (Å²) >= 11 is 0. The molecule has 0 aliphatic rings. The van der Waals surface area contributed by atoms with Crippen LogP contribution in [0, 0.1) is 0 Å². The van der Waals surface area contributed by atoms with E-state index in [4.69, 9.17) is 9.05 Å². The lowest BCUT2D eigenvalue weighted by Crippen LogP contribution is -2.03. The van der Waals surface area contributed by atoms with E-state index in [0.717, 1.165) is 57.6 Å². The van der Waals surface area contributed by atoms with E-state index in [2.05, 4.69) is 4.18 Å². The molecule has 0 aromatic heterocycles. The normalized spacial score (nSPS) is 12.7. The predicted octanol–water partition coefficient (Wildman–Crippen LogP) is 4.35. The maximum absolute atomic E-state index is 12.2. The molecule has 0 bridgehead atoms. The van der Waals surface area contributed by atoms with Crippen LogP contribution in [0.5, 0.6) is 0 Å². The largest absolute Gasteiger partial charge is 0.330 e. The molecule has 0 heterocycles. The zero-order valence-electron chi connectivity index (χ0n) is 14.8. The predicted molar refractivity (Wildman–Crippen MR) is 93.5 cm³/mol. The molecule has 0 aliphatic heterocycles. The van der Waals surface area contributed by atoms with Crippen LogP contribution in [0.25, 0.3) is 0 Å². The van der Waals surface area contributed by atoms with Crippen LogP contribution >= 0.6 is 7.60 Å². The van der Waals surface area contributed by atoms with E-state index in [1.54, 1.807) is 0 Å². The molecular formula is C15H33O6PS. The monoisotopic (exact) mass is 372 g/mol. The molecule has 0 aromatic carbocycles. The van der Waals surface area contributed by atoms with E-state index in [1.807, 2.05) is 13.8 Å². The van der Waals surface area contributed by atoms with Crippen molar-refractivity contribution in [3.05, 3.63) is 0 Å². The quantitative estimate of drug-likeness (QED) is 0.228. The summed E-state index contributed by atoms with van der Waals surface area (Å²) in [4.78, 5) is 0. The molecule has 140 valence electrons. The van der Waals surface area contributed by atoms with Gasteiger partial charge in [-0.2, -0.15) is 8.42 Å². The zero-order chi connectivity index (χ0) is 17.6. The van der Waals surface area contributed by atoms with Gasteiger partial charge in [-0.1, -0.05) is 38.5 Å². The average Bonchev–Trinajstić information content (AvgIpc) is 2.44. The summed E-state index contributed by atoms with van der Waals surface area (Å²) in [5.41, 5.74) is 0. The molecule has 0 saturated heterocycles. The average molecular weight is 372 g/mol.